The topological polar surface area (TPSA) is 46.1 Å². The van der Waals surface area contributed by atoms with Crippen molar-refractivity contribution in [1.29, 1.82) is 0 Å². The van der Waals surface area contributed by atoms with Gasteiger partial charge in [-0.15, -0.1) is 11.3 Å². The van der Waals surface area contributed by atoms with Gasteiger partial charge in [0.25, 0.3) is 0 Å². The Morgan fingerprint density at radius 3 is 2.81 bits per heavy atom. The minimum Gasteiger partial charge on any atom is -0.339 e. The van der Waals surface area contributed by atoms with Gasteiger partial charge >= 0.3 is 0 Å². The Bertz CT molecular complexity index is 879. The highest BCUT2D eigenvalue weighted by Crippen LogP contribution is 2.25. The zero-order valence-electron chi connectivity index (χ0n) is 15.3. The number of thiazole rings is 1. The van der Waals surface area contributed by atoms with Gasteiger partial charge in [0.2, 0.25) is 5.91 Å². The first kappa shape index (κ1) is 17.9. The Kier molecular flexibility index (Phi) is 5.58. The lowest BCUT2D eigenvalue weighted by atomic mass is 10.0. The van der Waals surface area contributed by atoms with Crippen LogP contribution in [-0.4, -0.2) is 33.4 Å². The van der Waals surface area contributed by atoms with E-state index in [4.69, 9.17) is 0 Å². The molecule has 1 unspecified atom stereocenters. The van der Waals surface area contributed by atoms with E-state index in [1.807, 2.05) is 29.6 Å². The predicted octanol–water partition coefficient (Wildman–Crippen LogP) is 4.37. The van der Waals surface area contributed by atoms with E-state index in [9.17, 15) is 4.79 Å². The molecule has 2 aromatic heterocycles. The predicted molar refractivity (Wildman–Crippen MR) is 109 cm³/mol. The molecule has 0 aliphatic carbocycles. The summed E-state index contributed by atoms with van der Waals surface area (Å²) in [4.78, 5) is 23.9. The monoisotopic (exact) mass is 377 g/mol. The van der Waals surface area contributed by atoms with Gasteiger partial charge in [-0.2, -0.15) is 0 Å². The summed E-state index contributed by atoms with van der Waals surface area (Å²) < 4.78 is 0. The van der Waals surface area contributed by atoms with Crippen LogP contribution < -0.4 is 0 Å². The number of amides is 1. The van der Waals surface area contributed by atoms with Gasteiger partial charge in [-0.1, -0.05) is 36.4 Å². The van der Waals surface area contributed by atoms with Crippen LogP contribution in [0.2, 0.25) is 0 Å². The lowest BCUT2D eigenvalue weighted by Gasteiger charge is -2.24. The maximum Gasteiger partial charge on any atom is 0.228 e. The Balaban J connectivity index is 1.36. The van der Waals surface area contributed by atoms with E-state index in [0.29, 0.717) is 12.5 Å². The van der Waals surface area contributed by atoms with Gasteiger partial charge in [0.05, 0.1) is 17.8 Å². The second kappa shape index (κ2) is 8.44. The number of hydrogen-bond acceptors (Lipinski definition) is 4. The van der Waals surface area contributed by atoms with Crippen LogP contribution in [0.15, 0.2) is 60.1 Å². The van der Waals surface area contributed by atoms with E-state index in [1.54, 1.807) is 17.5 Å². The molecule has 1 aliphatic rings. The average molecular weight is 378 g/mol. The molecule has 27 heavy (non-hydrogen) atoms. The maximum absolute atomic E-state index is 12.9. The molecule has 0 N–H and O–H groups in total. The third kappa shape index (κ3) is 4.42. The maximum atomic E-state index is 12.9. The molecule has 3 heterocycles. The molecule has 5 heteroatoms. The highest BCUT2D eigenvalue weighted by Gasteiger charge is 2.28. The summed E-state index contributed by atoms with van der Waals surface area (Å²) in [5.74, 6) is 0.198. The number of carbonyl (C=O) groups is 1. The molecule has 0 spiro atoms. The molecule has 1 amide bonds. The summed E-state index contributed by atoms with van der Waals surface area (Å²) in [6.45, 7) is 0.871. The average Bonchev–Trinajstić information content (AvgIpc) is 3.37. The van der Waals surface area contributed by atoms with E-state index in [0.717, 1.165) is 48.6 Å². The van der Waals surface area contributed by atoms with Crippen molar-refractivity contribution >= 4 is 17.2 Å². The molecule has 1 atom stereocenters. The molecule has 4 nitrogen and oxygen atoms in total. The molecule has 1 saturated heterocycles. The highest BCUT2D eigenvalue weighted by atomic mass is 32.1. The Morgan fingerprint density at radius 2 is 2.00 bits per heavy atom. The van der Waals surface area contributed by atoms with Gasteiger partial charge in [0.15, 0.2) is 0 Å². The molecule has 3 aromatic rings. The van der Waals surface area contributed by atoms with E-state index in [1.165, 1.54) is 5.56 Å². The lowest BCUT2D eigenvalue weighted by molar-refractivity contribution is -0.131. The number of rotatable bonds is 6. The second-order valence-electron chi connectivity index (χ2n) is 6.94. The van der Waals surface area contributed by atoms with Crippen molar-refractivity contribution in [2.45, 2.75) is 38.1 Å². The lowest BCUT2D eigenvalue weighted by Crippen LogP contribution is -2.36. The van der Waals surface area contributed by atoms with Crippen LogP contribution >= 0.6 is 11.3 Å². The van der Waals surface area contributed by atoms with Crippen molar-refractivity contribution in [3.8, 4) is 10.7 Å². The Morgan fingerprint density at radius 1 is 1.15 bits per heavy atom. The molecule has 0 saturated carbocycles. The third-order valence-corrected chi connectivity index (χ3v) is 5.99. The Hall–Kier alpha value is -2.53. The number of pyridine rings is 1. The number of carbonyl (C=O) groups excluding carboxylic acids is 1. The molecule has 0 radical (unpaired) electrons. The third-order valence-electron chi connectivity index (χ3n) is 5.07. The van der Waals surface area contributed by atoms with Crippen LogP contribution in [0.4, 0.5) is 0 Å². The molecule has 4 rings (SSSR count). The van der Waals surface area contributed by atoms with Gasteiger partial charge in [-0.25, -0.2) is 4.98 Å². The zero-order chi connectivity index (χ0) is 18.5. The van der Waals surface area contributed by atoms with Crippen molar-refractivity contribution in [1.82, 2.24) is 14.9 Å². The van der Waals surface area contributed by atoms with E-state index in [2.05, 4.69) is 39.1 Å². The molecule has 0 bridgehead atoms. The number of benzene rings is 1. The minimum absolute atomic E-state index is 0.198. The standard InChI is InChI=1S/C22H23N3OS/c26-21(15-18-16-27-22(24-18)20-10-4-5-13-23-20)25-14-6-9-19(25)12-11-17-7-2-1-3-8-17/h1-5,7-8,10,13,16,19H,6,9,11-12,14-15H2. The van der Waals surface area contributed by atoms with Crippen molar-refractivity contribution in [2.24, 2.45) is 0 Å². The number of likely N-dealkylation sites (tertiary alicyclic amines) is 1. The summed E-state index contributed by atoms with van der Waals surface area (Å²) in [7, 11) is 0. The van der Waals surface area contributed by atoms with Crippen molar-refractivity contribution < 1.29 is 4.79 Å². The molecule has 1 fully saturated rings. The van der Waals surface area contributed by atoms with Gasteiger partial charge in [-0.3, -0.25) is 9.78 Å². The zero-order valence-corrected chi connectivity index (χ0v) is 16.1. The van der Waals surface area contributed by atoms with Crippen LogP contribution in [0.1, 0.15) is 30.5 Å². The first-order valence-corrected chi connectivity index (χ1v) is 10.4. The van der Waals surface area contributed by atoms with Crippen LogP contribution in [-0.2, 0) is 17.6 Å². The summed E-state index contributed by atoms with van der Waals surface area (Å²) in [6.07, 6.45) is 6.41. The van der Waals surface area contributed by atoms with E-state index < -0.39 is 0 Å². The van der Waals surface area contributed by atoms with Crippen molar-refractivity contribution in [2.75, 3.05) is 6.54 Å². The fourth-order valence-corrected chi connectivity index (χ4v) is 4.49. The van der Waals surface area contributed by atoms with Gasteiger partial charge < -0.3 is 4.90 Å². The largest absolute Gasteiger partial charge is 0.339 e. The van der Waals surface area contributed by atoms with Crippen molar-refractivity contribution in [3.05, 3.63) is 71.4 Å². The fraction of sp³-hybridized carbons (Fsp3) is 0.318. The molecular weight excluding hydrogens is 354 g/mol. The highest BCUT2D eigenvalue weighted by molar-refractivity contribution is 7.13. The van der Waals surface area contributed by atoms with Crippen LogP contribution in [0.25, 0.3) is 10.7 Å². The molecular formula is C22H23N3OS. The number of aromatic nitrogens is 2. The van der Waals surface area contributed by atoms with Gasteiger partial charge in [0.1, 0.15) is 5.01 Å². The summed E-state index contributed by atoms with van der Waals surface area (Å²) in [5, 5.41) is 2.86. The first-order chi connectivity index (χ1) is 13.3. The smallest absolute Gasteiger partial charge is 0.228 e. The number of aryl methyl sites for hydroxylation is 1. The van der Waals surface area contributed by atoms with Gasteiger partial charge in [-0.05, 0) is 43.4 Å². The summed E-state index contributed by atoms with van der Waals surface area (Å²) in [5.41, 5.74) is 3.05. The van der Waals surface area contributed by atoms with Crippen LogP contribution in [0.5, 0.6) is 0 Å². The van der Waals surface area contributed by atoms with E-state index in [-0.39, 0.29) is 5.91 Å². The molecule has 138 valence electrons. The number of nitrogens with zero attached hydrogens (tertiary/aromatic N) is 3. The summed E-state index contributed by atoms with van der Waals surface area (Å²) in [6, 6.07) is 16.7. The normalized spacial score (nSPS) is 16.6. The number of hydrogen-bond donors (Lipinski definition) is 0. The van der Waals surface area contributed by atoms with Crippen molar-refractivity contribution in [3.63, 3.8) is 0 Å². The fourth-order valence-electron chi connectivity index (χ4n) is 3.69. The first-order valence-electron chi connectivity index (χ1n) is 9.49. The second-order valence-corrected chi connectivity index (χ2v) is 7.80. The van der Waals surface area contributed by atoms with Crippen LogP contribution in [0.3, 0.4) is 0 Å². The molecule has 1 aliphatic heterocycles. The molecule has 1 aromatic carbocycles. The minimum atomic E-state index is 0.198. The quantitative estimate of drug-likeness (QED) is 0.641. The summed E-state index contributed by atoms with van der Waals surface area (Å²) >= 11 is 1.55. The SMILES string of the molecule is O=C(Cc1csc(-c2ccccn2)n1)N1CCCC1CCc1ccccc1. The van der Waals surface area contributed by atoms with Crippen LogP contribution in [0, 0.1) is 0 Å². The Labute approximate surface area is 163 Å². The van der Waals surface area contributed by atoms with Gasteiger partial charge in [0, 0.05) is 24.2 Å². The van der Waals surface area contributed by atoms with E-state index >= 15 is 0 Å².